The van der Waals surface area contributed by atoms with Crippen LogP contribution in [-0.2, 0) is 10.0 Å². The zero-order chi connectivity index (χ0) is 18.6. The van der Waals surface area contributed by atoms with E-state index in [9.17, 15) is 8.42 Å². The highest BCUT2D eigenvalue weighted by Crippen LogP contribution is 2.31. The highest BCUT2D eigenvalue weighted by atomic mass is 35.5. The number of nitrogens with one attached hydrogen (secondary N) is 2. The lowest BCUT2D eigenvalue weighted by atomic mass is 10.3. The molecule has 0 aliphatic heterocycles. The fourth-order valence-corrected chi connectivity index (χ4v) is 3.47. The first kappa shape index (κ1) is 18.0. The van der Waals surface area contributed by atoms with Gasteiger partial charge < -0.3 is 10.1 Å². The molecule has 0 aliphatic rings. The number of rotatable bonds is 6. The van der Waals surface area contributed by atoms with Crippen molar-refractivity contribution >= 4 is 38.8 Å². The van der Waals surface area contributed by atoms with Crippen LogP contribution >= 0.6 is 11.6 Å². The van der Waals surface area contributed by atoms with Gasteiger partial charge in [0, 0.05) is 5.69 Å². The number of aromatic nitrogens is 2. The highest BCUT2D eigenvalue weighted by molar-refractivity contribution is 7.92. The minimum absolute atomic E-state index is 0.0180. The van der Waals surface area contributed by atoms with E-state index in [0.717, 1.165) is 5.69 Å². The average molecular weight is 391 g/mol. The molecule has 2 aromatic carbocycles. The Hall–Kier alpha value is -2.84. The molecule has 0 amide bonds. The minimum Gasteiger partial charge on any atom is -0.497 e. The summed E-state index contributed by atoms with van der Waals surface area (Å²) in [4.78, 5) is 8.00. The smallest absolute Gasteiger partial charge is 0.262 e. The van der Waals surface area contributed by atoms with Crippen molar-refractivity contribution < 1.29 is 13.2 Å². The van der Waals surface area contributed by atoms with E-state index >= 15 is 0 Å². The zero-order valence-electron chi connectivity index (χ0n) is 13.7. The predicted octanol–water partition coefficient (Wildman–Crippen LogP) is 3.68. The number of para-hydroxylation sites is 1. The van der Waals surface area contributed by atoms with Crippen molar-refractivity contribution in [1.29, 1.82) is 0 Å². The van der Waals surface area contributed by atoms with Crippen molar-refractivity contribution in [3.63, 3.8) is 0 Å². The van der Waals surface area contributed by atoms with Crippen molar-refractivity contribution in [3.8, 4) is 5.75 Å². The van der Waals surface area contributed by atoms with Crippen LogP contribution in [0.15, 0.2) is 65.8 Å². The molecule has 2 N–H and O–H groups in total. The van der Waals surface area contributed by atoms with E-state index in [2.05, 4.69) is 20.0 Å². The fourth-order valence-electron chi connectivity index (χ4n) is 2.16. The van der Waals surface area contributed by atoms with Crippen LogP contribution in [0.2, 0.25) is 5.15 Å². The molecule has 0 saturated heterocycles. The first-order valence-corrected chi connectivity index (χ1v) is 9.35. The molecule has 0 unspecified atom stereocenters. The first-order chi connectivity index (χ1) is 12.5. The number of halogens is 1. The van der Waals surface area contributed by atoms with E-state index in [1.807, 2.05) is 30.3 Å². The second-order valence-corrected chi connectivity index (χ2v) is 7.20. The molecule has 7 nitrogen and oxygen atoms in total. The minimum atomic E-state index is -3.89. The van der Waals surface area contributed by atoms with E-state index < -0.39 is 10.0 Å². The van der Waals surface area contributed by atoms with Crippen LogP contribution in [-0.4, -0.2) is 25.5 Å². The maximum absolute atomic E-state index is 12.7. The Morgan fingerprint density at radius 2 is 1.69 bits per heavy atom. The number of anilines is 3. The molecule has 0 spiro atoms. The molecule has 0 aliphatic carbocycles. The summed E-state index contributed by atoms with van der Waals surface area (Å²) in [5.74, 6) is 0.796. The van der Waals surface area contributed by atoms with Gasteiger partial charge in [-0.3, -0.25) is 4.72 Å². The number of sulfonamides is 1. The van der Waals surface area contributed by atoms with Gasteiger partial charge in [-0.15, -0.1) is 0 Å². The van der Waals surface area contributed by atoms with E-state index in [4.69, 9.17) is 16.3 Å². The Morgan fingerprint density at radius 3 is 2.35 bits per heavy atom. The van der Waals surface area contributed by atoms with Crippen LogP contribution in [0.25, 0.3) is 0 Å². The number of nitrogens with zero attached hydrogens (tertiary/aromatic N) is 2. The SMILES string of the molecule is COc1ccc(S(=O)(=O)Nc2c(Cl)ncnc2Nc2ccccc2)cc1. The average Bonchev–Trinajstić information content (AvgIpc) is 2.65. The number of benzene rings is 2. The van der Waals surface area contributed by atoms with Gasteiger partial charge in [0.1, 0.15) is 17.8 Å². The van der Waals surface area contributed by atoms with Crippen LogP contribution in [0, 0.1) is 0 Å². The van der Waals surface area contributed by atoms with Gasteiger partial charge in [0.25, 0.3) is 10.0 Å². The van der Waals surface area contributed by atoms with E-state index in [1.165, 1.54) is 25.6 Å². The first-order valence-electron chi connectivity index (χ1n) is 7.49. The summed E-state index contributed by atoms with van der Waals surface area (Å²) < 4.78 is 32.8. The normalized spacial score (nSPS) is 11.0. The summed E-state index contributed by atoms with van der Waals surface area (Å²) in [6.45, 7) is 0. The highest BCUT2D eigenvalue weighted by Gasteiger charge is 2.20. The molecule has 3 rings (SSSR count). The third-order valence-electron chi connectivity index (χ3n) is 3.44. The second-order valence-electron chi connectivity index (χ2n) is 5.16. The lowest BCUT2D eigenvalue weighted by Gasteiger charge is -2.14. The maximum atomic E-state index is 12.7. The Balaban J connectivity index is 1.93. The molecule has 0 bridgehead atoms. The molecule has 9 heteroatoms. The van der Waals surface area contributed by atoms with Gasteiger partial charge in [0.05, 0.1) is 12.0 Å². The number of methoxy groups -OCH3 is 1. The van der Waals surface area contributed by atoms with Crippen LogP contribution in [0.5, 0.6) is 5.75 Å². The zero-order valence-corrected chi connectivity index (χ0v) is 15.3. The monoisotopic (exact) mass is 390 g/mol. The summed E-state index contributed by atoms with van der Waals surface area (Å²) in [5, 5.41) is 3.01. The Labute approximate surface area is 156 Å². The van der Waals surface area contributed by atoms with E-state index in [0.29, 0.717) is 5.75 Å². The lowest BCUT2D eigenvalue weighted by Crippen LogP contribution is -2.15. The third-order valence-corrected chi connectivity index (χ3v) is 5.10. The van der Waals surface area contributed by atoms with Crippen molar-refractivity contribution in [2.75, 3.05) is 17.1 Å². The van der Waals surface area contributed by atoms with Crippen molar-refractivity contribution in [2.45, 2.75) is 4.90 Å². The van der Waals surface area contributed by atoms with Crippen molar-refractivity contribution in [1.82, 2.24) is 9.97 Å². The van der Waals surface area contributed by atoms with Crippen molar-refractivity contribution in [2.24, 2.45) is 0 Å². The van der Waals surface area contributed by atoms with Crippen LogP contribution in [0.1, 0.15) is 0 Å². The largest absolute Gasteiger partial charge is 0.497 e. The number of hydrogen-bond acceptors (Lipinski definition) is 6. The molecule has 3 aromatic rings. The van der Waals surface area contributed by atoms with Crippen molar-refractivity contribution in [3.05, 3.63) is 66.1 Å². The van der Waals surface area contributed by atoms with E-state index in [-0.39, 0.29) is 21.6 Å². The summed E-state index contributed by atoms with van der Waals surface area (Å²) in [5.41, 5.74) is 0.793. The fraction of sp³-hybridized carbons (Fsp3) is 0.0588. The second kappa shape index (κ2) is 7.59. The molecule has 0 atom stereocenters. The molecular weight excluding hydrogens is 376 g/mol. The number of hydrogen-bond donors (Lipinski definition) is 2. The van der Waals surface area contributed by atoms with Gasteiger partial charge in [0.15, 0.2) is 11.0 Å². The molecule has 0 fully saturated rings. The quantitative estimate of drug-likeness (QED) is 0.623. The molecule has 0 radical (unpaired) electrons. The molecule has 134 valence electrons. The molecule has 26 heavy (non-hydrogen) atoms. The third kappa shape index (κ3) is 4.04. The van der Waals surface area contributed by atoms with Gasteiger partial charge in [-0.25, -0.2) is 18.4 Å². The van der Waals surface area contributed by atoms with Gasteiger partial charge in [-0.2, -0.15) is 0 Å². The molecule has 1 heterocycles. The lowest BCUT2D eigenvalue weighted by molar-refractivity contribution is 0.414. The van der Waals surface area contributed by atoms with Gasteiger partial charge in [0.2, 0.25) is 0 Å². The van der Waals surface area contributed by atoms with Gasteiger partial charge >= 0.3 is 0 Å². The summed E-state index contributed by atoms with van der Waals surface area (Å²) in [6, 6.07) is 15.2. The van der Waals surface area contributed by atoms with Crippen LogP contribution < -0.4 is 14.8 Å². The Morgan fingerprint density at radius 1 is 1.00 bits per heavy atom. The Bertz CT molecular complexity index is 996. The maximum Gasteiger partial charge on any atom is 0.262 e. The van der Waals surface area contributed by atoms with Crippen LogP contribution in [0.3, 0.4) is 0 Å². The summed E-state index contributed by atoms with van der Waals surface area (Å²) in [7, 11) is -2.38. The van der Waals surface area contributed by atoms with Gasteiger partial charge in [-0.05, 0) is 36.4 Å². The molecule has 1 aromatic heterocycles. The Kier molecular flexibility index (Phi) is 5.24. The van der Waals surface area contributed by atoms with Gasteiger partial charge in [-0.1, -0.05) is 29.8 Å². The summed E-state index contributed by atoms with van der Waals surface area (Å²) in [6.07, 6.45) is 1.25. The topological polar surface area (TPSA) is 93.2 Å². The molecular formula is C17H15ClN4O3S. The number of ether oxygens (including phenoxy) is 1. The standard InChI is InChI=1S/C17H15ClN4O3S/c1-25-13-7-9-14(10-8-13)26(23,24)22-15-16(18)19-11-20-17(15)21-12-5-3-2-4-6-12/h2-11,22H,1H3,(H,19,20,21). The molecule has 0 saturated carbocycles. The van der Waals surface area contributed by atoms with E-state index in [1.54, 1.807) is 12.1 Å². The predicted molar refractivity (Wildman–Crippen MR) is 101 cm³/mol. The van der Waals surface area contributed by atoms with Crippen LogP contribution in [0.4, 0.5) is 17.2 Å². The summed E-state index contributed by atoms with van der Waals surface area (Å²) >= 11 is 6.10.